The Bertz CT molecular complexity index is 629. The average molecular weight is 242 g/mol. The smallest absolute Gasteiger partial charge is 0.339 e. The van der Waals surface area contributed by atoms with Gasteiger partial charge in [0, 0.05) is 18.8 Å². The Balaban J connectivity index is 2.12. The summed E-state index contributed by atoms with van der Waals surface area (Å²) < 4.78 is 1.55. The van der Waals surface area contributed by atoms with E-state index in [0.717, 1.165) is 18.4 Å². The molecule has 0 saturated carbocycles. The van der Waals surface area contributed by atoms with E-state index >= 15 is 0 Å². The number of rotatable bonds is 2. The van der Waals surface area contributed by atoms with Crippen molar-refractivity contribution in [3.63, 3.8) is 0 Å². The van der Waals surface area contributed by atoms with E-state index in [9.17, 15) is 9.90 Å². The van der Waals surface area contributed by atoms with Crippen LogP contribution in [-0.4, -0.2) is 20.9 Å². The molecule has 1 aromatic carbocycles. The number of aromatic carboxylic acids is 1. The van der Waals surface area contributed by atoms with E-state index in [1.165, 1.54) is 17.5 Å². The van der Waals surface area contributed by atoms with Gasteiger partial charge in [-0.25, -0.2) is 4.79 Å². The molecule has 0 radical (unpaired) electrons. The van der Waals surface area contributed by atoms with E-state index in [4.69, 9.17) is 0 Å². The van der Waals surface area contributed by atoms with Crippen molar-refractivity contribution in [2.45, 2.75) is 19.3 Å². The predicted octanol–water partition coefficient (Wildman–Crippen LogP) is 2.27. The average Bonchev–Trinajstić information content (AvgIpc) is 2.93. The number of carboxylic acid groups (broad SMARTS) is 1. The highest BCUT2D eigenvalue weighted by atomic mass is 16.4. The summed E-state index contributed by atoms with van der Waals surface area (Å²) in [5.41, 5.74) is 4.42. The van der Waals surface area contributed by atoms with Crippen LogP contribution in [0, 0.1) is 0 Å². The molecule has 0 aliphatic heterocycles. The number of aryl methyl sites for hydroxylation is 3. The maximum atomic E-state index is 11.2. The number of fused-ring (bicyclic) bond motifs is 1. The zero-order chi connectivity index (χ0) is 12.7. The maximum Gasteiger partial charge on any atom is 0.339 e. The lowest BCUT2D eigenvalue weighted by Crippen LogP contribution is -1.97. The molecule has 0 unspecified atom stereocenters. The predicted molar refractivity (Wildman–Crippen MR) is 67.6 cm³/mol. The molecule has 18 heavy (non-hydrogen) atoms. The third kappa shape index (κ3) is 1.70. The fourth-order valence-corrected chi connectivity index (χ4v) is 2.58. The van der Waals surface area contributed by atoms with Crippen LogP contribution in [-0.2, 0) is 19.9 Å². The molecule has 0 amide bonds. The number of hydrogen-bond donors (Lipinski definition) is 1. The summed E-state index contributed by atoms with van der Waals surface area (Å²) in [7, 11) is 1.74. The van der Waals surface area contributed by atoms with Gasteiger partial charge in [0.15, 0.2) is 0 Å². The molecule has 3 rings (SSSR count). The summed E-state index contributed by atoms with van der Waals surface area (Å²) >= 11 is 0. The van der Waals surface area contributed by atoms with Crippen molar-refractivity contribution in [1.82, 2.24) is 9.78 Å². The van der Waals surface area contributed by atoms with Gasteiger partial charge in [-0.3, -0.25) is 4.68 Å². The van der Waals surface area contributed by atoms with Crippen LogP contribution in [0.15, 0.2) is 24.4 Å². The van der Waals surface area contributed by atoms with E-state index < -0.39 is 5.97 Å². The first kappa shape index (κ1) is 11.0. The topological polar surface area (TPSA) is 55.1 Å². The monoisotopic (exact) mass is 242 g/mol. The number of aromatic nitrogens is 2. The number of carboxylic acids is 1. The lowest BCUT2D eigenvalue weighted by Gasteiger charge is -2.03. The van der Waals surface area contributed by atoms with Crippen molar-refractivity contribution in [1.29, 1.82) is 0 Å². The number of nitrogens with zero attached hydrogens (tertiary/aromatic N) is 2. The van der Waals surface area contributed by atoms with Gasteiger partial charge in [0.1, 0.15) is 11.3 Å². The zero-order valence-corrected chi connectivity index (χ0v) is 10.2. The van der Waals surface area contributed by atoms with Crippen molar-refractivity contribution in [3.05, 3.63) is 41.1 Å². The second-order valence-electron chi connectivity index (χ2n) is 4.71. The van der Waals surface area contributed by atoms with Crippen LogP contribution in [0.4, 0.5) is 0 Å². The summed E-state index contributed by atoms with van der Waals surface area (Å²) in [5, 5.41) is 13.4. The lowest BCUT2D eigenvalue weighted by molar-refractivity contribution is 0.0697. The standard InChI is InChI=1S/C14H14N2O2/c1-16-8-12(14(17)18)13(15-16)11-6-5-9-3-2-4-10(9)7-11/h5-8H,2-4H2,1H3,(H,17,18). The Kier molecular flexibility index (Phi) is 2.44. The van der Waals surface area contributed by atoms with Crippen molar-refractivity contribution in [3.8, 4) is 11.3 Å². The van der Waals surface area contributed by atoms with Gasteiger partial charge in [-0.15, -0.1) is 0 Å². The summed E-state index contributed by atoms with van der Waals surface area (Å²) in [4.78, 5) is 11.2. The van der Waals surface area contributed by atoms with Crippen LogP contribution < -0.4 is 0 Å². The van der Waals surface area contributed by atoms with E-state index in [2.05, 4.69) is 17.2 Å². The lowest BCUT2D eigenvalue weighted by atomic mass is 10.0. The van der Waals surface area contributed by atoms with Crippen LogP contribution in [0.1, 0.15) is 27.9 Å². The first-order valence-corrected chi connectivity index (χ1v) is 6.04. The molecule has 0 fully saturated rings. The van der Waals surface area contributed by atoms with Crippen LogP contribution in [0.5, 0.6) is 0 Å². The summed E-state index contributed by atoms with van der Waals surface area (Å²) in [5.74, 6) is -0.932. The number of benzene rings is 1. The molecule has 4 nitrogen and oxygen atoms in total. The molecular formula is C14H14N2O2. The van der Waals surface area contributed by atoms with Gasteiger partial charge in [-0.05, 0) is 36.5 Å². The largest absolute Gasteiger partial charge is 0.478 e. The SMILES string of the molecule is Cn1cc(C(=O)O)c(-c2ccc3c(c2)CCC3)n1. The second kappa shape index (κ2) is 3.98. The van der Waals surface area contributed by atoms with Gasteiger partial charge in [0.05, 0.1) is 0 Å². The molecule has 1 heterocycles. The molecule has 4 heteroatoms. The Hall–Kier alpha value is -2.10. The van der Waals surface area contributed by atoms with E-state index in [1.54, 1.807) is 17.9 Å². The van der Waals surface area contributed by atoms with Gasteiger partial charge < -0.3 is 5.11 Å². The molecule has 1 aliphatic carbocycles. The van der Waals surface area contributed by atoms with Gasteiger partial charge in [-0.1, -0.05) is 12.1 Å². The molecule has 2 aromatic rings. The highest BCUT2D eigenvalue weighted by Crippen LogP contribution is 2.29. The fourth-order valence-electron chi connectivity index (χ4n) is 2.58. The first-order valence-electron chi connectivity index (χ1n) is 6.04. The first-order chi connectivity index (χ1) is 8.65. The molecule has 1 aromatic heterocycles. The minimum absolute atomic E-state index is 0.260. The Morgan fingerprint density at radius 3 is 2.89 bits per heavy atom. The van der Waals surface area contributed by atoms with Crippen molar-refractivity contribution >= 4 is 5.97 Å². The summed E-state index contributed by atoms with van der Waals surface area (Å²) in [6.07, 6.45) is 4.94. The molecule has 92 valence electrons. The highest BCUT2D eigenvalue weighted by Gasteiger charge is 2.18. The van der Waals surface area contributed by atoms with Crippen molar-refractivity contribution in [2.75, 3.05) is 0 Å². The molecule has 0 saturated heterocycles. The van der Waals surface area contributed by atoms with E-state index in [1.807, 2.05) is 6.07 Å². The Morgan fingerprint density at radius 1 is 1.33 bits per heavy atom. The highest BCUT2D eigenvalue weighted by molar-refractivity contribution is 5.94. The summed E-state index contributed by atoms with van der Waals surface area (Å²) in [6.45, 7) is 0. The van der Waals surface area contributed by atoms with Gasteiger partial charge >= 0.3 is 5.97 Å². The normalized spacial score (nSPS) is 13.6. The third-order valence-corrected chi connectivity index (χ3v) is 3.43. The van der Waals surface area contributed by atoms with E-state index in [0.29, 0.717) is 5.69 Å². The maximum absolute atomic E-state index is 11.2. The van der Waals surface area contributed by atoms with Crippen molar-refractivity contribution < 1.29 is 9.90 Å². The number of carbonyl (C=O) groups is 1. The second-order valence-corrected chi connectivity index (χ2v) is 4.71. The molecule has 0 atom stereocenters. The van der Waals surface area contributed by atoms with Crippen LogP contribution in [0.3, 0.4) is 0 Å². The Labute approximate surface area is 105 Å². The van der Waals surface area contributed by atoms with Gasteiger partial charge in [0.2, 0.25) is 0 Å². The number of hydrogen-bond acceptors (Lipinski definition) is 2. The molecule has 0 bridgehead atoms. The van der Waals surface area contributed by atoms with Crippen molar-refractivity contribution in [2.24, 2.45) is 7.05 Å². The fraction of sp³-hybridized carbons (Fsp3) is 0.286. The molecular weight excluding hydrogens is 228 g/mol. The Morgan fingerprint density at radius 2 is 2.11 bits per heavy atom. The van der Waals surface area contributed by atoms with Crippen LogP contribution in [0.2, 0.25) is 0 Å². The van der Waals surface area contributed by atoms with Crippen LogP contribution >= 0.6 is 0 Å². The van der Waals surface area contributed by atoms with Crippen LogP contribution in [0.25, 0.3) is 11.3 Å². The summed E-state index contributed by atoms with van der Waals surface area (Å²) in [6, 6.07) is 6.15. The van der Waals surface area contributed by atoms with Gasteiger partial charge in [0.25, 0.3) is 0 Å². The molecule has 1 N–H and O–H groups in total. The molecule has 0 spiro atoms. The molecule has 1 aliphatic rings. The van der Waals surface area contributed by atoms with Gasteiger partial charge in [-0.2, -0.15) is 5.10 Å². The van der Waals surface area contributed by atoms with E-state index in [-0.39, 0.29) is 5.56 Å². The quantitative estimate of drug-likeness (QED) is 0.879. The zero-order valence-electron chi connectivity index (χ0n) is 10.2. The third-order valence-electron chi connectivity index (χ3n) is 3.43. The minimum Gasteiger partial charge on any atom is -0.478 e. The minimum atomic E-state index is -0.932.